The summed E-state index contributed by atoms with van der Waals surface area (Å²) >= 11 is 0. The molecule has 3 aromatic heterocycles. The van der Waals surface area contributed by atoms with Crippen LogP contribution in [0.5, 0.6) is 0 Å². The Balaban J connectivity index is 1.81. The predicted octanol–water partition coefficient (Wildman–Crippen LogP) is 2.73. The molecule has 0 radical (unpaired) electrons. The highest BCUT2D eigenvalue weighted by Crippen LogP contribution is 2.29. The van der Waals surface area contributed by atoms with Gasteiger partial charge in [0.2, 0.25) is 5.52 Å². The normalized spacial score (nSPS) is 19.6. The monoisotopic (exact) mass is 374 g/mol. The Hall–Kier alpha value is -3.24. The van der Waals surface area contributed by atoms with Crippen LogP contribution in [-0.4, -0.2) is 33.7 Å². The number of hydrogen-bond acceptors (Lipinski definition) is 5. The topological polar surface area (TPSA) is 67.4 Å². The Kier molecular flexibility index (Phi) is 4.57. The Morgan fingerprint density at radius 1 is 1.25 bits per heavy atom. The Morgan fingerprint density at radius 3 is 2.82 bits per heavy atom. The fourth-order valence-electron chi connectivity index (χ4n) is 3.86. The lowest BCUT2D eigenvalue weighted by Crippen LogP contribution is -2.51. The van der Waals surface area contributed by atoms with Crippen LogP contribution in [0.3, 0.4) is 0 Å². The zero-order valence-electron chi connectivity index (χ0n) is 16.2. The molecule has 142 valence electrons. The van der Waals surface area contributed by atoms with Crippen LogP contribution < -0.4 is 15.8 Å². The zero-order chi connectivity index (χ0) is 19.8. The molecule has 1 aliphatic rings. The van der Waals surface area contributed by atoms with E-state index in [4.69, 9.17) is 6.57 Å². The Morgan fingerprint density at radius 2 is 2.07 bits per heavy atom. The maximum Gasteiger partial charge on any atom is 0.270 e. The number of nitrogens with one attached hydrogen (secondary N) is 1. The minimum absolute atomic E-state index is 0.0812. The summed E-state index contributed by atoms with van der Waals surface area (Å²) in [6.45, 7) is 12.9. The average Bonchev–Trinajstić information content (AvgIpc) is 2.69. The summed E-state index contributed by atoms with van der Waals surface area (Å²) in [6, 6.07) is 9.56. The fourth-order valence-corrected chi connectivity index (χ4v) is 3.86. The van der Waals surface area contributed by atoms with Gasteiger partial charge in [-0.3, -0.25) is 9.78 Å². The van der Waals surface area contributed by atoms with E-state index < -0.39 is 0 Å². The molecule has 7 nitrogen and oxygen atoms in total. The third-order valence-corrected chi connectivity index (χ3v) is 5.22. The van der Waals surface area contributed by atoms with Gasteiger partial charge in [0.05, 0.1) is 17.2 Å². The first-order chi connectivity index (χ1) is 13.5. The summed E-state index contributed by atoms with van der Waals surface area (Å²) in [5.41, 5.74) is 4.28. The second-order valence-corrected chi connectivity index (χ2v) is 7.33. The number of fused-ring (bicyclic) bond motifs is 1. The maximum atomic E-state index is 12.6. The van der Waals surface area contributed by atoms with E-state index in [0.29, 0.717) is 17.9 Å². The van der Waals surface area contributed by atoms with Crippen molar-refractivity contribution in [3.05, 3.63) is 69.6 Å². The van der Waals surface area contributed by atoms with Crippen molar-refractivity contribution in [3.8, 4) is 0 Å². The van der Waals surface area contributed by atoms with Gasteiger partial charge in [0.15, 0.2) is 0 Å². The van der Waals surface area contributed by atoms with Crippen molar-refractivity contribution < 1.29 is 0 Å². The van der Waals surface area contributed by atoms with E-state index in [1.54, 1.807) is 29.8 Å². The van der Waals surface area contributed by atoms with Crippen LogP contribution in [0.2, 0.25) is 0 Å². The van der Waals surface area contributed by atoms with E-state index in [1.807, 2.05) is 19.2 Å². The molecule has 4 heterocycles. The van der Waals surface area contributed by atoms with Crippen LogP contribution in [0, 0.1) is 13.5 Å². The molecule has 0 spiro atoms. The zero-order valence-corrected chi connectivity index (χ0v) is 16.2. The highest BCUT2D eigenvalue weighted by Gasteiger charge is 2.28. The van der Waals surface area contributed by atoms with Gasteiger partial charge in [-0.1, -0.05) is 6.57 Å². The average molecular weight is 374 g/mol. The van der Waals surface area contributed by atoms with Gasteiger partial charge in [-0.25, -0.2) is 0 Å². The van der Waals surface area contributed by atoms with Crippen LogP contribution in [0.1, 0.15) is 24.2 Å². The Labute approximate surface area is 163 Å². The summed E-state index contributed by atoms with van der Waals surface area (Å²) in [7, 11) is 1.73. The summed E-state index contributed by atoms with van der Waals surface area (Å²) in [5.74, 6) is 0.330. The van der Waals surface area contributed by atoms with Crippen molar-refractivity contribution in [2.75, 3.05) is 18.0 Å². The number of aryl methyl sites for hydroxylation is 2. The van der Waals surface area contributed by atoms with Gasteiger partial charge in [0.1, 0.15) is 0 Å². The fraction of sp³-hybridized carbons (Fsp3) is 0.333. The molecule has 1 fully saturated rings. The first-order valence-electron chi connectivity index (χ1n) is 9.28. The highest BCUT2D eigenvalue weighted by molar-refractivity contribution is 5.89. The molecule has 28 heavy (non-hydrogen) atoms. The third-order valence-electron chi connectivity index (χ3n) is 5.22. The van der Waals surface area contributed by atoms with Crippen molar-refractivity contribution in [1.82, 2.24) is 19.9 Å². The highest BCUT2D eigenvalue weighted by atomic mass is 16.1. The van der Waals surface area contributed by atoms with Crippen LogP contribution in [0.15, 0.2) is 41.3 Å². The van der Waals surface area contributed by atoms with Crippen molar-refractivity contribution in [1.29, 1.82) is 0 Å². The number of nitrogens with zero attached hydrogens (tertiary/aromatic N) is 5. The first-order valence-corrected chi connectivity index (χ1v) is 9.28. The molecule has 2 atom stereocenters. The largest absolute Gasteiger partial charge is 0.364 e. The van der Waals surface area contributed by atoms with E-state index in [9.17, 15) is 4.79 Å². The lowest BCUT2D eigenvalue weighted by atomic mass is 10.0. The minimum atomic E-state index is -0.0812. The van der Waals surface area contributed by atoms with Gasteiger partial charge in [0, 0.05) is 44.1 Å². The Bertz CT molecular complexity index is 1150. The second-order valence-electron chi connectivity index (χ2n) is 7.33. The molecule has 2 unspecified atom stereocenters. The molecule has 1 aliphatic heterocycles. The molecule has 0 bridgehead atoms. The minimum Gasteiger partial charge on any atom is -0.364 e. The molecule has 7 heteroatoms. The van der Waals surface area contributed by atoms with Gasteiger partial charge < -0.3 is 19.6 Å². The number of hydrogen-bond donors (Lipinski definition) is 1. The van der Waals surface area contributed by atoms with E-state index in [0.717, 1.165) is 23.4 Å². The van der Waals surface area contributed by atoms with Gasteiger partial charge in [0.25, 0.3) is 11.4 Å². The third kappa shape index (κ3) is 3.23. The van der Waals surface area contributed by atoms with Crippen LogP contribution in [0.4, 0.5) is 11.5 Å². The van der Waals surface area contributed by atoms with Crippen molar-refractivity contribution in [3.63, 3.8) is 0 Å². The molecular formula is C21H22N6O. The number of piperazine rings is 1. The van der Waals surface area contributed by atoms with Crippen LogP contribution in [-0.2, 0) is 7.05 Å². The van der Waals surface area contributed by atoms with Gasteiger partial charge >= 0.3 is 0 Å². The number of rotatable bonds is 2. The molecule has 1 N–H and O–H groups in total. The SMILES string of the molecule is [C-]#[N+]c1ccc2c(n1)c(N1CC(C)NC(c3ccnc(C)c3)C1)cc(=O)n2C. The summed E-state index contributed by atoms with van der Waals surface area (Å²) in [6.07, 6.45) is 1.83. The van der Waals surface area contributed by atoms with Gasteiger partial charge in [-0.15, -0.1) is 4.98 Å². The van der Waals surface area contributed by atoms with Crippen LogP contribution in [0.25, 0.3) is 15.9 Å². The smallest absolute Gasteiger partial charge is 0.270 e. The van der Waals surface area contributed by atoms with Gasteiger partial charge in [-0.05, 0) is 43.7 Å². The van der Waals surface area contributed by atoms with Crippen molar-refractivity contribution in [2.45, 2.75) is 25.9 Å². The maximum absolute atomic E-state index is 12.6. The van der Waals surface area contributed by atoms with E-state index in [-0.39, 0.29) is 17.6 Å². The molecule has 0 amide bonds. The van der Waals surface area contributed by atoms with Crippen molar-refractivity contribution >= 4 is 22.5 Å². The first kappa shape index (κ1) is 18.1. The quantitative estimate of drug-likeness (QED) is 0.699. The molecule has 0 saturated carbocycles. The molecule has 1 saturated heterocycles. The molecule has 3 aromatic rings. The number of aromatic nitrogens is 3. The number of pyridine rings is 3. The molecule has 0 aromatic carbocycles. The standard InChI is InChI=1S/C21H22N6O/c1-13-9-15(7-8-23-13)16-12-27(11-14(2)24-16)18-10-20(28)26(4)17-5-6-19(22-3)25-21(17)18/h5-10,14,16,24H,11-12H2,1-2,4H3. The van der Waals surface area contributed by atoms with E-state index >= 15 is 0 Å². The summed E-state index contributed by atoms with van der Waals surface area (Å²) < 4.78 is 1.58. The molecular weight excluding hydrogens is 352 g/mol. The lowest BCUT2D eigenvalue weighted by molar-refractivity contribution is 0.396. The van der Waals surface area contributed by atoms with Gasteiger partial charge in [-0.2, -0.15) is 0 Å². The molecule has 4 rings (SSSR count). The number of anilines is 1. The van der Waals surface area contributed by atoms with E-state index in [1.165, 1.54) is 5.56 Å². The summed E-state index contributed by atoms with van der Waals surface area (Å²) in [5, 5.41) is 3.63. The molecule has 0 aliphatic carbocycles. The van der Waals surface area contributed by atoms with E-state index in [2.05, 4.69) is 38.0 Å². The summed E-state index contributed by atoms with van der Waals surface area (Å²) in [4.78, 5) is 27.0. The van der Waals surface area contributed by atoms with Crippen LogP contribution >= 0.6 is 0 Å². The van der Waals surface area contributed by atoms with Crippen molar-refractivity contribution in [2.24, 2.45) is 7.05 Å². The lowest BCUT2D eigenvalue weighted by Gasteiger charge is -2.39. The second kappa shape index (κ2) is 7.06. The predicted molar refractivity (Wildman–Crippen MR) is 110 cm³/mol.